The van der Waals surface area contributed by atoms with Crippen LogP contribution in [0.15, 0.2) is 43.1 Å². The van der Waals surface area contributed by atoms with Gasteiger partial charge in [-0.2, -0.15) is 13.2 Å². The van der Waals surface area contributed by atoms with Gasteiger partial charge in [0, 0.05) is 48.9 Å². The van der Waals surface area contributed by atoms with E-state index in [1.807, 2.05) is 10.8 Å². The Morgan fingerprint density at radius 3 is 2.77 bits per heavy atom. The van der Waals surface area contributed by atoms with Crippen LogP contribution in [0.5, 0.6) is 0 Å². The van der Waals surface area contributed by atoms with Gasteiger partial charge in [-0.3, -0.25) is 14.3 Å². The summed E-state index contributed by atoms with van der Waals surface area (Å²) in [6.07, 6.45) is 6.97. The third-order valence-electron chi connectivity index (χ3n) is 8.68. The number of nitrogens with zero attached hydrogens (tertiary/aromatic N) is 9. The van der Waals surface area contributed by atoms with E-state index in [-0.39, 0.29) is 28.0 Å². The van der Waals surface area contributed by atoms with Crippen molar-refractivity contribution in [3.05, 3.63) is 54.5 Å². The van der Waals surface area contributed by atoms with E-state index in [1.165, 1.54) is 23.7 Å². The SMILES string of the molecule is C=C([C@@H](C)C(F)(F)F)n1cnnc1-c1nc(NC(=O)c2cc(-n3cnc(C4CC4)c3)c(N3CCN4CCCC4C3)cn2)cs1. The van der Waals surface area contributed by atoms with Crippen LogP contribution in [-0.4, -0.2) is 83.5 Å². The Bertz CT molecular complexity index is 1710. The molecule has 230 valence electrons. The molecule has 3 fully saturated rings. The van der Waals surface area contributed by atoms with Crippen LogP contribution in [0.4, 0.5) is 24.7 Å². The van der Waals surface area contributed by atoms with Crippen LogP contribution in [0.3, 0.4) is 0 Å². The lowest BCUT2D eigenvalue weighted by atomic mass is 10.1. The molecular weight excluding hydrogens is 593 g/mol. The number of carbonyl (C=O) groups is 1. The zero-order valence-corrected chi connectivity index (χ0v) is 24.9. The number of imidazole rings is 1. The average Bonchev–Trinajstić information content (AvgIpc) is 3.47. The highest BCUT2D eigenvalue weighted by atomic mass is 32.1. The normalized spacial score (nSPS) is 19.6. The molecule has 1 saturated carbocycles. The number of halogens is 3. The number of hydrogen-bond acceptors (Lipinski definition) is 9. The first-order valence-corrected chi connectivity index (χ1v) is 15.5. The number of aromatic nitrogens is 7. The second-order valence-electron chi connectivity index (χ2n) is 11.6. The first kappa shape index (κ1) is 28.6. The maximum absolute atomic E-state index is 13.4. The molecule has 0 bridgehead atoms. The second kappa shape index (κ2) is 11.1. The van der Waals surface area contributed by atoms with Gasteiger partial charge in [-0.25, -0.2) is 15.0 Å². The van der Waals surface area contributed by atoms with Crippen LogP contribution < -0.4 is 10.2 Å². The zero-order chi connectivity index (χ0) is 30.6. The highest BCUT2D eigenvalue weighted by Crippen LogP contribution is 2.40. The lowest BCUT2D eigenvalue weighted by Gasteiger charge is -2.39. The van der Waals surface area contributed by atoms with Crippen molar-refractivity contribution < 1.29 is 18.0 Å². The molecule has 2 atom stereocenters. The molecule has 15 heteroatoms. The highest BCUT2D eigenvalue weighted by molar-refractivity contribution is 7.13. The van der Waals surface area contributed by atoms with Gasteiger partial charge in [-0.15, -0.1) is 21.5 Å². The summed E-state index contributed by atoms with van der Waals surface area (Å²) in [6.45, 7) is 8.55. The van der Waals surface area contributed by atoms with Crippen LogP contribution in [0, 0.1) is 5.92 Å². The first-order valence-electron chi connectivity index (χ1n) is 14.6. The molecule has 6 heterocycles. The number of piperazine rings is 1. The number of alkyl halides is 3. The van der Waals surface area contributed by atoms with Crippen molar-refractivity contribution in [2.24, 2.45) is 5.92 Å². The molecule has 1 aliphatic carbocycles. The lowest BCUT2D eigenvalue weighted by Crippen LogP contribution is -2.50. The maximum atomic E-state index is 13.4. The minimum atomic E-state index is -4.47. The fraction of sp³-hybridized carbons (Fsp3) is 0.448. The summed E-state index contributed by atoms with van der Waals surface area (Å²) >= 11 is 1.12. The van der Waals surface area contributed by atoms with Crippen LogP contribution in [-0.2, 0) is 0 Å². The molecular formula is C29H31F3N10OS. The minimum Gasteiger partial charge on any atom is -0.366 e. The van der Waals surface area contributed by atoms with E-state index in [4.69, 9.17) is 0 Å². The quantitative estimate of drug-likeness (QED) is 0.290. The standard InChI is InChI=1S/C29H31F3N10OS/c1-17(29(30,31)32)18(2)42-16-35-38-26(42)28-37-25(14-44-28)36-27(43)21-10-23(41-13-22(34-15-41)19-5-6-19)24(11-33-21)40-9-8-39-7-3-4-20(39)12-40/h10-11,13-17,19-20H,2-9,12H2,1H3,(H,36,43)/t17-,20?/m1/s1. The van der Waals surface area contributed by atoms with Crippen LogP contribution in [0.25, 0.3) is 22.2 Å². The van der Waals surface area contributed by atoms with Gasteiger partial charge >= 0.3 is 6.18 Å². The third-order valence-corrected chi connectivity index (χ3v) is 9.52. The summed E-state index contributed by atoms with van der Waals surface area (Å²) < 4.78 is 43.1. The number of anilines is 2. The molecule has 2 saturated heterocycles. The van der Waals surface area contributed by atoms with Gasteiger partial charge in [0.2, 0.25) is 0 Å². The van der Waals surface area contributed by atoms with Gasteiger partial charge in [-0.05, 0) is 45.2 Å². The number of allylic oxidation sites excluding steroid dienone is 1. The molecule has 4 aromatic heterocycles. The molecule has 11 nitrogen and oxygen atoms in total. The van der Waals surface area contributed by atoms with Crippen molar-refractivity contribution in [3.63, 3.8) is 0 Å². The largest absolute Gasteiger partial charge is 0.396 e. The second-order valence-corrected chi connectivity index (χ2v) is 12.4. The summed E-state index contributed by atoms with van der Waals surface area (Å²) in [5, 5.41) is 12.4. The monoisotopic (exact) mass is 624 g/mol. The summed E-state index contributed by atoms with van der Waals surface area (Å²) in [5.74, 6) is -1.45. The van der Waals surface area contributed by atoms with Crippen molar-refractivity contribution in [1.82, 2.24) is 39.2 Å². The molecule has 1 amide bonds. The number of carbonyl (C=O) groups excluding carboxylic acids is 1. The highest BCUT2D eigenvalue weighted by Gasteiger charge is 2.39. The molecule has 44 heavy (non-hydrogen) atoms. The predicted octanol–water partition coefficient (Wildman–Crippen LogP) is 5.07. The Hall–Kier alpha value is -4.11. The molecule has 0 radical (unpaired) electrons. The molecule has 3 aliphatic rings. The zero-order valence-electron chi connectivity index (χ0n) is 24.0. The molecule has 0 aromatic carbocycles. The number of hydrogen-bond donors (Lipinski definition) is 1. The molecule has 7 rings (SSSR count). The van der Waals surface area contributed by atoms with E-state index in [0.717, 1.165) is 74.3 Å². The lowest BCUT2D eigenvalue weighted by molar-refractivity contribution is -0.154. The van der Waals surface area contributed by atoms with Crippen LogP contribution in [0.2, 0.25) is 0 Å². The van der Waals surface area contributed by atoms with Gasteiger partial charge in [0.15, 0.2) is 10.8 Å². The third kappa shape index (κ3) is 5.49. The Labute approximate surface area is 255 Å². The fourth-order valence-corrected chi connectivity index (χ4v) is 6.62. The van der Waals surface area contributed by atoms with E-state index in [9.17, 15) is 18.0 Å². The summed E-state index contributed by atoms with van der Waals surface area (Å²) in [4.78, 5) is 31.9. The summed E-state index contributed by atoms with van der Waals surface area (Å²) in [7, 11) is 0. The molecule has 1 unspecified atom stereocenters. The van der Waals surface area contributed by atoms with E-state index >= 15 is 0 Å². The minimum absolute atomic E-state index is 0.107. The molecule has 1 N–H and O–H groups in total. The van der Waals surface area contributed by atoms with Crippen LogP contribution in [0.1, 0.15) is 54.7 Å². The van der Waals surface area contributed by atoms with Gasteiger partial charge in [0.1, 0.15) is 17.8 Å². The van der Waals surface area contributed by atoms with Gasteiger partial charge in [0.05, 0.1) is 35.5 Å². The topological polar surface area (TPSA) is 110 Å². The summed E-state index contributed by atoms with van der Waals surface area (Å²) in [6, 6.07) is 2.29. The Kier molecular flexibility index (Phi) is 7.23. The number of amides is 1. The average molecular weight is 625 g/mol. The Balaban J connectivity index is 1.13. The van der Waals surface area contributed by atoms with Crippen molar-refractivity contribution in [2.75, 3.05) is 36.4 Å². The summed E-state index contributed by atoms with van der Waals surface area (Å²) in [5.41, 5.74) is 2.81. The van der Waals surface area contributed by atoms with Gasteiger partial charge < -0.3 is 14.8 Å². The van der Waals surface area contributed by atoms with Crippen LogP contribution >= 0.6 is 11.3 Å². The van der Waals surface area contributed by atoms with E-state index in [0.29, 0.717) is 12.0 Å². The number of fused-ring (bicyclic) bond motifs is 1. The molecule has 4 aromatic rings. The van der Waals surface area contributed by atoms with Gasteiger partial charge in [-0.1, -0.05) is 6.58 Å². The molecule has 0 spiro atoms. The van der Waals surface area contributed by atoms with E-state index in [1.54, 1.807) is 24.0 Å². The number of pyridine rings is 1. The predicted molar refractivity (Wildman–Crippen MR) is 160 cm³/mol. The number of thiazole rings is 1. The smallest absolute Gasteiger partial charge is 0.366 e. The first-order chi connectivity index (χ1) is 21.2. The van der Waals surface area contributed by atoms with E-state index < -0.39 is 18.0 Å². The Morgan fingerprint density at radius 1 is 1.14 bits per heavy atom. The number of nitrogens with one attached hydrogen (secondary N) is 1. The molecule has 2 aliphatic heterocycles. The maximum Gasteiger partial charge on any atom is 0.396 e. The van der Waals surface area contributed by atoms with Crippen molar-refractivity contribution in [3.8, 4) is 16.5 Å². The van der Waals surface area contributed by atoms with Crippen molar-refractivity contribution >= 4 is 34.4 Å². The number of rotatable bonds is 8. The van der Waals surface area contributed by atoms with Gasteiger partial charge in [0.25, 0.3) is 5.91 Å². The van der Waals surface area contributed by atoms with E-state index in [2.05, 4.69) is 46.8 Å². The van der Waals surface area contributed by atoms with Crippen molar-refractivity contribution in [2.45, 2.75) is 50.7 Å². The fourth-order valence-electron chi connectivity index (χ4n) is 5.88. The van der Waals surface area contributed by atoms with Crippen molar-refractivity contribution in [1.29, 1.82) is 0 Å². The Morgan fingerprint density at radius 2 is 1.98 bits per heavy atom.